The SMILES string of the molecule is Cc1nc(C2=CCC=C2c2cc(F)c(S(C)(=O)=O)c(F)c2)cs1. The van der Waals surface area contributed by atoms with E-state index in [9.17, 15) is 17.2 Å². The lowest BCUT2D eigenvalue weighted by Gasteiger charge is -2.10. The predicted octanol–water partition coefficient (Wildman–Crippen LogP) is 4.00. The lowest BCUT2D eigenvalue weighted by atomic mass is 9.99. The monoisotopic (exact) mass is 353 g/mol. The normalized spacial score (nSPS) is 14.8. The topological polar surface area (TPSA) is 47.0 Å². The van der Waals surface area contributed by atoms with Crippen molar-refractivity contribution in [2.24, 2.45) is 0 Å². The van der Waals surface area contributed by atoms with E-state index in [1.54, 1.807) is 0 Å². The highest BCUT2D eigenvalue weighted by molar-refractivity contribution is 7.90. The van der Waals surface area contributed by atoms with Crippen LogP contribution in [0.25, 0.3) is 11.1 Å². The molecule has 0 unspecified atom stereocenters. The molecule has 1 aliphatic rings. The molecule has 7 heteroatoms. The number of aryl methyl sites for hydroxylation is 1. The number of benzene rings is 1. The molecule has 0 saturated heterocycles. The number of halogens is 2. The molecule has 2 aromatic rings. The molecule has 0 N–H and O–H groups in total. The third kappa shape index (κ3) is 2.98. The zero-order valence-corrected chi connectivity index (χ0v) is 14.1. The van der Waals surface area contributed by atoms with Gasteiger partial charge in [0.15, 0.2) is 9.84 Å². The van der Waals surface area contributed by atoms with Crippen molar-refractivity contribution in [1.29, 1.82) is 0 Å². The van der Waals surface area contributed by atoms with Gasteiger partial charge < -0.3 is 0 Å². The van der Waals surface area contributed by atoms with Gasteiger partial charge in [0.2, 0.25) is 0 Å². The van der Waals surface area contributed by atoms with Gasteiger partial charge in [-0.25, -0.2) is 22.2 Å². The molecule has 0 spiro atoms. The zero-order valence-electron chi connectivity index (χ0n) is 12.4. The maximum absolute atomic E-state index is 14.1. The Balaban J connectivity index is 2.08. The highest BCUT2D eigenvalue weighted by Crippen LogP contribution is 2.37. The van der Waals surface area contributed by atoms with Gasteiger partial charge in [0.25, 0.3) is 0 Å². The maximum Gasteiger partial charge on any atom is 0.181 e. The van der Waals surface area contributed by atoms with E-state index in [0.717, 1.165) is 34.7 Å². The summed E-state index contributed by atoms with van der Waals surface area (Å²) in [5, 5.41) is 2.79. The fourth-order valence-corrected chi connectivity index (χ4v) is 4.03. The number of sulfone groups is 1. The van der Waals surface area contributed by atoms with Gasteiger partial charge in [-0.1, -0.05) is 12.2 Å². The lowest BCUT2D eigenvalue weighted by Crippen LogP contribution is -2.05. The van der Waals surface area contributed by atoms with Gasteiger partial charge in [-0.2, -0.15) is 0 Å². The largest absolute Gasteiger partial charge is 0.242 e. The molecular formula is C16H13F2NO2S2. The molecule has 0 fully saturated rings. The van der Waals surface area contributed by atoms with E-state index in [1.165, 1.54) is 11.3 Å². The molecule has 3 rings (SSSR count). The number of allylic oxidation sites excluding steroid dienone is 4. The van der Waals surface area contributed by atoms with E-state index >= 15 is 0 Å². The van der Waals surface area contributed by atoms with E-state index in [1.807, 2.05) is 24.5 Å². The number of thiazole rings is 1. The number of nitrogens with zero attached hydrogens (tertiary/aromatic N) is 1. The van der Waals surface area contributed by atoms with Crippen LogP contribution in [0.5, 0.6) is 0 Å². The predicted molar refractivity (Wildman–Crippen MR) is 86.9 cm³/mol. The molecule has 1 aromatic carbocycles. The first kappa shape index (κ1) is 16.0. The third-order valence-electron chi connectivity index (χ3n) is 3.51. The molecule has 3 nitrogen and oxygen atoms in total. The van der Waals surface area contributed by atoms with E-state index in [2.05, 4.69) is 4.98 Å². The molecular weight excluding hydrogens is 340 g/mol. The third-order valence-corrected chi connectivity index (χ3v) is 5.41. The van der Waals surface area contributed by atoms with Gasteiger partial charge in [-0.05, 0) is 36.6 Å². The highest BCUT2D eigenvalue weighted by Gasteiger charge is 2.24. The minimum absolute atomic E-state index is 0.307. The summed E-state index contributed by atoms with van der Waals surface area (Å²) in [5.41, 5.74) is 2.53. The average Bonchev–Trinajstić information content (AvgIpc) is 3.03. The first-order valence-corrected chi connectivity index (χ1v) is 9.57. The van der Waals surface area contributed by atoms with Crippen molar-refractivity contribution in [2.45, 2.75) is 18.2 Å². The first-order valence-electron chi connectivity index (χ1n) is 6.80. The van der Waals surface area contributed by atoms with Crippen LogP contribution in [-0.4, -0.2) is 19.7 Å². The molecule has 0 bridgehead atoms. The van der Waals surface area contributed by atoms with Crippen molar-refractivity contribution >= 4 is 32.3 Å². The minimum Gasteiger partial charge on any atom is -0.242 e. The lowest BCUT2D eigenvalue weighted by molar-refractivity contribution is 0.521. The fraction of sp³-hybridized carbons (Fsp3) is 0.188. The van der Waals surface area contributed by atoms with Gasteiger partial charge in [0.05, 0.1) is 10.7 Å². The average molecular weight is 353 g/mol. The molecule has 0 saturated carbocycles. The van der Waals surface area contributed by atoms with Crippen LogP contribution in [0.15, 0.2) is 34.6 Å². The summed E-state index contributed by atoms with van der Waals surface area (Å²) in [6, 6.07) is 2.12. The second-order valence-corrected chi connectivity index (χ2v) is 8.28. The van der Waals surface area contributed by atoms with E-state index in [0.29, 0.717) is 17.6 Å². The molecule has 0 amide bonds. The minimum atomic E-state index is -3.96. The van der Waals surface area contributed by atoms with Crippen molar-refractivity contribution in [3.63, 3.8) is 0 Å². The van der Waals surface area contributed by atoms with E-state index in [-0.39, 0.29) is 0 Å². The van der Waals surface area contributed by atoms with Crippen LogP contribution in [0.2, 0.25) is 0 Å². The molecule has 1 heterocycles. The van der Waals surface area contributed by atoms with Crippen LogP contribution in [0.4, 0.5) is 8.78 Å². The number of hydrogen-bond donors (Lipinski definition) is 0. The summed E-state index contributed by atoms with van der Waals surface area (Å²) < 4.78 is 51.2. The summed E-state index contributed by atoms with van der Waals surface area (Å²) in [4.78, 5) is 3.50. The molecule has 1 aromatic heterocycles. The summed E-state index contributed by atoms with van der Waals surface area (Å²) >= 11 is 1.49. The van der Waals surface area contributed by atoms with Gasteiger partial charge in [0.1, 0.15) is 16.5 Å². The van der Waals surface area contributed by atoms with Crippen LogP contribution < -0.4 is 0 Å². The van der Waals surface area contributed by atoms with Gasteiger partial charge in [-0.15, -0.1) is 11.3 Å². The first-order chi connectivity index (χ1) is 10.8. The Bertz CT molecular complexity index is 933. The zero-order chi connectivity index (χ0) is 16.8. The number of aromatic nitrogens is 1. The second kappa shape index (κ2) is 5.65. The Morgan fingerprint density at radius 3 is 2.26 bits per heavy atom. The maximum atomic E-state index is 14.1. The van der Waals surface area contributed by atoms with Crippen molar-refractivity contribution in [3.05, 3.63) is 57.6 Å². The number of hydrogen-bond acceptors (Lipinski definition) is 4. The smallest absolute Gasteiger partial charge is 0.181 e. The van der Waals surface area contributed by atoms with E-state index in [4.69, 9.17) is 0 Å². The summed E-state index contributed by atoms with van der Waals surface area (Å²) in [6.45, 7) is 1.88. The Morgan fingerprint density at radius 2 is 1.74 bits per heavy atom. The molecule has 0 radical (unpaired) electrons. The second-order valence-electron chi connectivity index (χ2n) is 5.26. The van der Waals surface area contributed by atoms with Crippen molar-refractivity contribution in [2.75, 3.05) is 6.26 Å². The Kier molecular flexibility index (Phi) is 3.93. The summed E-state index contributed by atoms with van der Waals surface area (Å²) in [7, 11) is -3.96. The Hall–Kier alpha value is -1.86. The molecule has 23 heavy (non-hydrogen) atoms. The molecule has 0 atom stereocenters. The van der Waals surface area contributed by atoms with Crippen LogP contribution in [-0.2, 0) is 9.84 Å². The van der Waals surface area contributed by atoms with Gasteiger partial charge in [-0.3, -0.25) is 0 Å². The summed E-state index contributed by atoms with van der Waals surface area (Å²) in [5.74, 6) is -2.16. The highest BCUT2D eigenvalue weighted by atomic mass is 32.2. The van der Waals surface area contributed by atoms with Crippen LogP contribution in [0.3, 0.4) is 0 Å². The van der Waals surface area contributed by atoms with Crippen LogP contribution >= 0.6 is 11.3 Å². The molecule has 120 valence electrons. The summed E-state index contributed by atoms with van der Waals surface area (Å²) in [6.07, 6.45) is 5.20. The van der Waals surface area contributed by atoms with Gasteiger partial charge in [0, 0.05) is 17.2 Å². The van der Waals surface area contributed by atoms with Crippen LogP contribution in [0, 0.1) is 18.6 Å². The van der Waals surface area contributed by atoms with Crippen molar-refractivity contribution < 1.29 is 17.2 Å². The quantitative estimate of drug-likeness (QED) is 0.838. The van der Waals surface area contributed by atoms with E-state index < -0.39 is 26.4 Å². The Morgan fingerprint density at radius 1 is 1.13 bits per heavy atom. The standard InChI is InChI=1S/C16H13F2NO2S2/c1-9-19-15(8-22-9)12-5-3-4-11(12)10-6-13(17)16(14(18)7-10)23(2,20)21/h4-8H,3H2,1-2H3. The van der Waals surface area contributed by atoms with Gasteiger partial charge >= 0.3 is 0 Å². The van der Waals surface area contributed by atoms with Crippen molar-refractivity contribution in [1.82, 2.24) is 4.98 Å². The molecule has 1 aliphatic carbocycles. The Labute approximate surface area is 136 Å². The molecule has 0 aliphatic heterocycles. The fourth-order valence-electron chi connectivity index (χ4n) is 2.59. The van der Waals surface area contributed by atoms with Crippen LogP contribution in [0.1, 0.15) is 22.7 Å². The number of rotatable bonds is 3. The van der Waals surface area contributed by atoms with Crippen molar-refractivity contribution in [3.8, 4) is 0 Å².